The van der Waals surface area contributed by atoms with Gasteiger partial charge >= 0.3 is 0 Å². The number of nitrogens with zero attached hydrogens (tertiary/aromatic N) is 4. The SMILES string of the molecule is CC(=Nc1ncccc1N)c1ccc(N2c3ccccc3N(c3ccccc3)c3ccccc32)cc1. The lowest BCUT2D eigenvalue weighted by atomic mass is 10.0. The zero-order valence-electron chi connectivity index (χ0n) is 19.9. The fraction of sp³-hybridized carbons (Fsp3) is 0.0323. The van der Waals surface area contributed by atoms with Crippen LogP contribution in [-0.4, -0.2) is 10.7 Å². The monoisotopic (exact) mass is 467 g/mol. The quantitative estimate of drug-likeness (QED) is 0.266. The third-order valence-corrected chi connectivity index (χ3v) is 6.38. The van der Waals surface area contributed by atoms with Gasteiger partial charge in [0, 0.05) is 23.3 Å². The highest BCUT2D eigenvalue weighted by molar-refractivity contribution is 6.03. The first kappa shape index (κ1) is 21.6. The molecule has 0 saturated heterocycles. The summed E-state index contributed by atoms with van der Waals surface area (Å²) in [5.74, 6) is 0.541. The van der Waals surface area contributed by atoms with E-state index >= 15 is 0 Å². The number of aliphatic imine (C=N–C) groups is 1. The third-order valence-electron chi connectivity index (χ3n) is 6.38. The largest absolute Gasteiger partial charge is 0.396 e. The summed E-state index contributed by atoms with van der Waals surface area (Å²) in [6, 6.07) is 39.7. The first-order chi connectivity index (χ1) is 17.7. The second-order valence-corrected chi connectivity index (χ2v) is 8.64. The molecule has 174 valence electrons. The van der Waals surface area contributed by atoms with Crippen molar-refractivity contribution in [2.75, 3.05) is 15.5 Å². The van der Waals surface area contributed by atoms with Gasteiger partial charge in [0.1, 0.15) is 0 Å². The van der Waals surface area contributed by atoms with Crippen LogP contribution < -0.4 is 15.5 Å². The molecule has 1 aliphatic rings. The van der Waals surface area contributed by atoms with Gasteiger partial charge in [0.15, 0.2) is 5.82 Å². The van der Waals surface area contributed by atoms with Crippen molar-refractivity contribution >= 4 is 51.3 Å². The minimum absolute atomic E-state index is 0.541. The predicted molar refractivity (Wildman–Crippen MR) is 150 cm³/mol. The molecule has 5 aromatic rings. The minimum Gasteiger partial charge on any atom is -0.396 e. The number of anilines is 7. The molecule has 2 heterocycles. The van der Waals surface area contributed by atoms with Crippen molar-refractivity contribution in [3.8, 4) is 0 Å². The summed E-state index contributed by atoms with van der Waals surface area (Å²) in [7, 11) is 0. The lowest BCUT2D eigenvalue weighted by Gasteiger charge is -2.40. The minimum atomic E-state index is 0.541. The smallest absolute Gasteiger partial charge is 0.175 e. The van der Waals surface area contributed by atoms with Crippen LogP contribution >= 0.6 is 0 Å². The van der Waals surface area contributed by atoms with Gasteiger partial charge in [-0.2, -0.15) is 0 Å². The fourth-order valence-corrected chi connectivity index (χ4v) is 4.66. The van der Waals surface area contributed by atoms with E-state index in [9.17, 15) is 0 Å². The van der Waals surface area contributed by atoms with Crippen LogP contribution in [0.3, 0.4) is 0 Å². The van der Waals surface area contributed by atoms with E-state index in [1.807, 2.05) is 25.1 Å². The van der Waals surface area contributed by atoms with E-state index in [1.165, 1.54) is 0 Å². The Bertz CT molecular complexity index is 1510. The van der Waals surface area contributed by atoms with Crippen LogP contribution in [-0.2, 0) is 0 Å². The molecule has 5 heteroatoms. The maximum Gasteiger partial charge on any atom is 0.175 e. The summed E-state index contributed by atoms with van der Waals surface area (Å²) in [6.45, 7) is 1.98. The molecular formula is C31H25N5. The standard InChI is InChI=1S/C31H25N5/c1-22(34-31-26(32)12-9-21-33-31)23-17-19-25(20-18-23)36-29-15-7-5-13-27(29)35(24-10-3-2-4-11-24)28-14-6-8-16-30(28)36/h2-21H,32H2,1H3. The van der Waals surface area contributed by atoms with Crippen molar-refractivity contribution in [3.05, 3.63) is 127 Å². The van der Waals surface area contributed by atoms with Crippen LogP contribution in [0.1, 0.15) is 12.5 Å². The van der Waals surface area contributed by atoms with E-state index in [1.54, 1.807) is 6.20 Å². The molecule has 0 spiro atoms. The normalized spacial score (nSPS) is 12.8. The van der Waals surface area contributed by atoms with Gasteiger partial charge in [-0.05, 0) is 73.2 Å². The summed E-state index contributed by atoms with van der Waals surface area (Å²) in [6.07, 6.45) is 1.70. The van der Waals surface area contributed by atoms with Crippen molar-refractivity contribution in [1.29, 1.82) is 0 Å². The molecule has 36 heavy (non-hydrogen) atoms. The number of nitrogen functional groups attached to an aromatic ring is 1. The number of nitrogens with two attached hydrogens (primary N) is 1. The highest BCUT2D eigenvalue weighted by Crippen LogP contribution is 2.53. The zero-order chi connectivity index (χ0) is 24.5. The van der Waals surface area contributed by atoms with Crippen LogP contribution in [0.25, 0.3) is 0 Å². The molecule has 0 aliphatic carbocycles. The van der Waals surface area contributed by atoms with Crippen LogP contribution in [0.15, 0.2) is 126 Å². The maximum absolute atomic E-state index is 6.03. The Balaban J connectivity index is 1.43. The molecule has 0 unspecified atom stereocenters. The van der Waals surface area contributed by atoms with E-state index in [4.69, 9.17) is 5.73 Å². The Morgan fingerprint density at radius 1 is 0.611 bits per heavy atom. The summed E-state index contributed by atoms with van der Waals surface area (Å²) in [5, 5.41) is 0. The summed E-state index contributed by atoms with van der Waals surface area (Å²) < 4.78 is 0. The van der Waals surface area contributed by atoms with Gasteiger partial charge in [-0.15, -0.1) is 0 Å². The summed E-state index contributed by atoms with van der Waals surface area (Å²) in [4.78, 5) is 13.6. The molecule has 4 aromatic carbocycles. The van der Waals surface area contributed by atoms with Gasteiger partial charge in [0.25, 0.3) is 0 Å². The number of pyridine rings is 1. The van der Waals surface area contributed by atoms with Crippen molar-refractivity contribution in [3.63, 3.8) is 0 Å². The number of para-hydroxylation sites is 5. The van der Waals surface area contributed by atoms with Crippen molar-refractivity contribution in [2.45, 2.75) is 6.92 Å². The number of fused-ring (bicyclic) bond motifs is 2. The Hall–Kier alpha value is -4.90. The third kappa shape index (κ3) is 3.77. The summed E-state index contributed by atoms with van der Waals surface area (Å²) in [5.41, 5.74) is 15.2. The van der Waals surface area contributed by atoms with Crippen molar-refractivity contribution < 1.29 is 0 Å². The number of rotatable bonds is 4. The zero-order valence-corrected chi connectivity index (χ0v) is 19.9. The fourth-order valence-electron chi connectivity index (χ4n) is 4.66. The molecule has 0 saturated carbocycles. The summed E-state index contributed by atoms with van der Waals surface area (Å²) >= 11 is 0. The molecule has 0 fully saturated rings. The van der Waals surface area contributed by atoms with Gasteiger partial charge < -0.3 is 15.5 Å². The second-order valence-electron chi connectivity index (χ2n) is 8.64. The number of aromatic nitrogens is 1. The van der Waals surface area contributed by atoms with Crippen LogP contribution in [0, 0.1) is 0 Å². The van der Waals surface area contributed by atoms with Gasteiger partial charge in [0.2, 0.25) is 0 Å². The molecule has 2 N–H and O–H groups in total. The number of hydrogen-bond donors (Lipinski definition) is 1. The van der Waals surface area contributed by atoms with Crippen molar-refractivity contribution in [1.82, 2.24) is 4.98 Å². The molecule has 6 rings (SSSR count). The molecule has 1 aromatic heterocycles. The van der Waals surface area contributed by atoms with Gasteiger partial charge in [-0.1, -0.05) is 54.6 Å². The predicted octanol–water partition coefficient (Wildman–Crippen LogP) is 8.06. The lowest BCUT2D eigenvalue weighted by molar-refractivity contribution is 1.17. The van der Waals surface area contributed by atoms with Gasteiger partial charge in [0.05, 0.1) is 28.4 Å². The molecule has 0 bridgehead atoms. The average molecular weight is 468 g/mol. The second kappa shape index (κ2) is 9.04. The van der Waals surface area contributed by atoms with Crippen LogP contribution in [0.2, 0.25) is 0 Å². The van der Waals surface area contributed by atoms with Gasteiger partial charge in [-0.25, -0.2) is 9.98 Å². The average Bonchev–Trinajstić information content (AvgIpc) is 2.93. The Kier molecular flexibility index (Phi) is 5.43. The van der Waals surface area contributed by atoms with E-state index in [2.05, 4.69) is 117 Å². The van der Waals surface area contributed by atoms with E-state index < -0.39 is 0 Å². The maximum atomic E-state index is 6.03. The first-order valence-corrected chi connectivity index (χ1v) is 11.9. The molecular weight excluding hydrogens is 442 g/mol. The topological polar surface area (TPSA) is 57.8 Å². The number of hydrogen-bond acceptors (Lipinski definition) is 5. The van der Waals surface area contributed by atoms with E-state index in [-0.39, 0.29) is 0 Å². The molecule has 1 aliphatic heterocycles. The Morgan fingerprint density at radius 3 is 1.64 bits per heavy atom. The van der Waals surface area contributed by atoms with Crippen LogP contribution in [0.4, 0.5) is 45.6 Å². The highest BCUT2D eigenvalue weighted by Gasteiger charge is 2.29. The molecule has 5 nitrogen and oxygen atoms in total. The molecule has 0 radical (unpaired) electrons. The van der Waals surface area contributed by atoms with Crippen LogP contribution in [0.5, 0.6) is 0 Å². The highest BCUT2D eigenvalue weighted by atomic mass is 15.3. The number of benzene rings is 4. The van der Waals surface area contributed by atoms with E-state index in [0.29, 0.717) is 11.5 Å². The molecule has 0 amide bonds. The molecule has 0 atom stereocenters. The van der Waals surface area contributed by atoms with E-state index in [0.717, 1.165) is 45.4 Å². The van der Waals surface area contributed by atoms with Gasteiger partial charge in [-0.3, -0.25) is 0 Å². The first-order valence-electron chi connectivity index (χ1n) is 11.9. The Morgan fingerprint density at radius 2 is 1.11 bits per heavy atom. The lowest BCUT2D eigenvalue weighted by Crippen LogP contribution is -2.23. The van der Waals surface area contributed by atoms with Crippen molar-refractivity contribution in [2.24, 2.45) is 4.99 Å². The Labute approximate surface area is 210 Å².